The van der Waals surface area contributed by atoms with Crippen LogP contribution in [0.5, 0.6) is 0 Å². The first-order valence-corrected chi connectivity index (χ1v) is 7.75. The van der Waals surface area contributed by atoms with E-state index in [1.165, 1.54) is 5.56 Å². The van der Waals surface area contributed by atoms with Gasteiger partial charge in [0.25, 0.3) is 0 Å². The highest BCUT2D eigenvalue weighted by Gasteiger charge is 2.19. The van der Waals surface area contributed by atoms with Crippen LogP contribution in [0.3, 0.4) is 0 Å². The van der Waals surface area contributed by atoms with Crippen molar-refractivity contribution < 1.29 is 4.74 Å². The van der Waals surface area contributed by atoms with Gasteiger partial charge in [0, 0.05) is 32.0 Å². The van der Waals surface area contributed by atoms with E-state index in [4.69, 9.17) is 4.74 Å². The van der Waals surface area contributed by atoms with Gasteiger partial charge in [-0.2, -0.15) is 5.10 Å². The summed E-state index contributed by atoms with van der Waals surface area (Å²) in [5.74, 6) is 0. The van der Waals surface area contributed by atoms with Gasteiger partial charge >= 0.3 is 0 Å². The number of nitrogens with zero attached hydrogens (tertiary/aromatic N) is 3. The van der Waals surface area contributed by atoms with Crippen LogP contribution in [0.15, 0.2) is 48.8 Å². The van der Waals surface area contributed by atoms with Crippen molar-refractivity contribution in [1.82, 2.24) is 14.7 Å². The molecular weight excluding hydrogens is 262 g/mol. The van der Waals surface area contributed by atoms with Crippen molar-refractivity contribution in [3.05, 3.63) is 54.4 Å². The maximum absolute atomic E-state index is 6.02. The van der Waals surface area contributed by atoms with Crippen LogP contribution in [-0.4, -0.2) is 40.4 Å². The summed E-state index contributed by atoms with van der Waals surface area (Å²) in [7, 11) is 0. The molecule has 0 bridgehead atoms. The first-order valence-electron chi connectivity index (χ1n) is 7.75. The molecule has 1 fully saturated rings. The van der Waals surface area contributed by atoms with Crippen molar-refractivity contribution in [2.24, 2.45) is 0 Å². The monoisotopic (exact) mass is 285 g/mol. The lowest BCUT2D eigenvalue weighted by atomic mass is 10.1. The number of hydrogen-bond donors (Lipinski definition) is 0. The van der Waals surface area contributed by atoms with E-state index >= 15 is 0 Å². The minimum absolute atomic E-state index is 0.408. The SMILES string of the molecule is c1ccc(COC2CCN(CCn3cccn3)CC2)cc1. The minimum atomic E-state index is 0.408. The molecule has 0 unspecified atom stereocenters. The molecule has 21 heavy (non-hydrogen) atoms. The van der Waals surface area contributed by atoms with E-state index in [1.807, 2.05) is 29.2 Å². The van der Waals surface area contributed by atoms with E-state index in [9.17, 15) is 0 Å². The lowest BCUT2D eigenvalue weighted by Crippen LogP contribution is -2.38. The first kappa shape index (κ1) is 14.3. The average molecular weight is 285 g/mol. The average Bonchev–Trinajstić information content (AvgIpc) is 3.06. The molecule has 0 radical (unpaired) electrons. The van der Waals surface area contributed by atoms with Crippen molar-refractivity contribution in [2.75, 3.05) is 19.6 Å². The Morgan fingerprint density at radius 2 is 1.86 bits per heavy atom. The predicted molar refractivity (Wildman–Crippen MR) is 82.9 cm³/mol. The number of likely N-dealkylation sites (tertiary alicyclic amines) is 1. The Hall–Kier alpha value is -1.65. The molecule has 0 amide bonds. The zero-order valence-corrected chi connectivity index (χ0v) is 12.4. The van der Waals surface area contributed by atoms with Crippen LogP contribution in [0.2, 0.25) is 0 Å². The normalized spacial score (nSPS) is 17.1. The molecule has 0 spiro atoms. The molecule has 4 heteroatoms. The number of benzene rings is 1. The molecule has 112 valence electrons. The Morgan fingerprint density at radius 1 is 1.05 bits per heavy atom. The van der Waals surface area contributed by atoms with Gasteiger partial charge in [0.1, 0.15) is 0 Å². The van der Waals surface area contributed by atoms with Crippen LogP contribution >= 0.6 is 0 Å². The van der Waals surface area contributed by atoms with Crippen LogP contribution in [0.1, 0.15) is 18.4 Å². The highest BCUT2D eigenvalue weighted by Crippen LogP contribution is 2.15. The predicted octanol–water partition coefficient (Wildman–Crippen LogP) is 2.56. The molecule has 1 aliphatic rings. The number of hydrogen-bond acceptors (Lipinski definition) is 3. The summed E-state index contributed by atoms with van der Waals surface area (Å²) < 4.78 is 8.02. The van der Waals surface area contributed by atoms with E-state index in [0.717, 1.165) is 45.6 Å². The van der Waals surface area contributed by atoms with Crippen molar-refractivity contribution in [2.45, 2.75) is 32.1 Å². The summed E-state index contributed by atoms with van der Waals surface area (Å²) in [5, 5.41) is 4.24. The maximum Gasteiger partial charge on any atom is 0.0720 e. The molecule has 2 aromatic rings. The second-order valence-electron chi connectivity index (χ2n) is 5.61. The maximum atomic E-state index is 6.02. The zero-order valence-electron chi connectivity index (χ0n) is 12.4. The fraction of sp³-hybridized carbons (Fsp3) is 0.471. The first-order chi connectivity index (χ1) is 10.4. The van der Waals surface area contributed by atoms with Gasteiger partial charge in [0.15, 0.2) is 0 Å². The summed E-state index contributed by atoms with van der Waals surface area (Å²) in [6, 6.07) is 12.4. The molecule has 1 saturated heterocycles. The number of piperidine rings is 1. The van der Waals surface area contributed by atoms with E-state index < -0.39 is 0 Å². The minimum Gasteiger partial charge on any atom is -0.373 e. The third kappa shape index (κ3) is 4.41. The molecular formula is C17H23N3O. The summed E-state index contributed by atoms with van der Waals surface area (Å²) in [6.07, 6.45) is 6.53. The van der Waals surface area contributed by atoms with Gasteiger partial charge in [-0.15, -0.1) is 0 Å². The Balaban J connectivity index is 1.35. The molecule has 0 saturated carbocycles. The highest BCUT2D eigenvalue weighted by molar-refractivity contribution is 5.13. The summed E-state index contributed by atoms with van der Waals surface area (Å²) in [5.41, 5.74) is 1.26. The van der Waals surface area contributed by atoms with Crippen LogP contribution in [0.4, 0.5) is 0 Å². The molecule has 2 heterocycles. The third-order valence-corrected chi connectivity index (χ3v) is 4.07. The topological polar surface area (TPSA) is 30.3 Å². The fourth-order valence-electron chi connectivity index (χ4n) is 2.76. The van der Waals surface area contributed by atoms with Gasteiger partial charge in [-0.05, 0) is 24.5 Å². The summed E-state index contributed by atoms with van der Waals surface area (Å²) in [6.45, 7) is 5.04. The van der Waals surface area contributed by atoms with Crippen molar-refractivity contribution in [3.63, 3.8) is 0 Å². The third-order valence-electron chi connectivity index (χ3n) is 4.07. The molecule has 0 aliphatic carbocycles. The van der Waals surface area contributed by atoms with Crippen molar-refractivity contribution in [3.8, 4) is 0 Å². The van der Waals surface area contributed by atoms with Gasteiger partial charge in [0.05, 0.1) is 19.3 Å². The summed E-state index contributed by atoms with van der Waals surface area (Å²) in [4.78, 5) is 2.50. The van der Waals surface area contributed by atoms with Crippen LogP contribution in [0.25, 0.3) is 0 Å². The van der Waals surface area contributed by atoms with E-state index in [-0.39, 0.29) is 0 Å². The van der Waals surface area contributed by atoms with Crippen LogP contribution < -0.4 is 0 Å². The van der Waals surface area contributed by atoms with Gasteiger partial charge in [0.2, 0.25) is 0 Å². The smallest absolute Gasteiger partial charge is 0.0720 e. The summed E-state index contributed by atoms with van der Waals surface area (Å²) >= 11 is 0. The van der Waals surface area contributed by atoms with Gasteiger partial charge in [-0.25, -0.2) is 0 Å². The standard InChI is InChI=1S/C17H23N3O/c1-2-5-16(6-3-1)15-21-17-7-11-19(12-8-17)13-14-20-10-4-9-18-20/h1-6,9-10,17H,7-8,11-15H2. The Morgan fingerprint density at radius 3 is 2.57 bits per heavy atom. The van der Waals surface area contributed by atoms with Crippen LogP contribution in [-0.2, 0) is 17.9 Å². The van der Waals surface area contributed by atoms with Gasteiger partial charge in [-0.3, -0.25) is 4.68 Å². The van der Waals surface area contributed by atoms with Crippen molar-refractivity contribution in [1.29, 1.82) is 0 Å². The molecule has 0 N–H and O–H groups in total. The number of rotatable bonds is 6. The highest BCUT2D eigenvalue weighted by atomic mass is 16.5. The zero-order chi connectivity index (χ0) is 14.3. The number of ether oxygens (including phenoxy) is 1. The van der Waals surface area contributed by atoms with E-state index in [0.29, 0.717) is 6.10 Å². The van der Waals surface area contributed by atoms with Crippen molar-refractivity contribution >= 4 is 0 Å². The largest absolute Gasteiger partial charge is 0.373 e. The molecule has 1 aromatic heterocycles. The fourth-order valence-corrected chi connectivity index (χ4v) is 2.76. The molecule has 1 aliphatic heterocycles. The van der Waals surface area contributed by atoms with E-state index in [2.05, 4.69) is 34.3 Å². The van der Waals surface area contributed by atoms with Crippen LogP contribution in [0, 0.1) is 0 Å². The Kier molecular flexibility index (Phi) is 5.03. The molecule has 1 aromatic carbocycles. The molecule has 4 nitrogen and oxygen atoms in total. The second-order valence-corrected chi connectivity index (χ2v) is 5.61. The van der Waals surface area contributed by atoms with Gasteiger partial charge < -0.3 is 9.64 Å². The second kappa shape index (κ2) is 7.38. The Labute approximate surface area is 126 Å². The van der Waals surface area contributed by atoms with E-state index in [1.54, 1.807) is 0 Å². The lowest BCUT2D eigenvalue weighted by molar-refractivity contribution is -0.00305. The molecule has 3 rings (SSSR count). The molecule has 0 atom stereocenters. The Bertz CT molecular complexity index is 504. The quantitative estimate of drug-likeness (QED) is 0.817. The van der Waals surface area contributed by atoms with Gasteiger partial charge in [-0.1, -0.05) is 30.3 Å². The lowest BCUT2D eigenvalue weighted by Gasteiger charge is -2.31. The number of aromatic nitrogens is 2.